The average Bonchev–Trinajstić information content (AvgIpc) is 3.14. The zero-order chi connectivity index (χ0) is 20.1. The Hall–Kier alpha value is -2.91. The number of hydrogen-bond acceptors (Lipinski definition) is 7. The maximum atomic E-state index is 12.3. The molecule has 1 heterocycles. The number of methoxy groups -OCH3 is 1. The summed E-state index contributed by atoms with van der Waals surface area (Å²) >= 11 is 1.29. The Bertz CT molecular complexity index is 1080. The molecule has 146 valence electrons. The van der Waals surface area contributed by atoms with Crippen molar-refractivity contribution in [3.63, 3.8) is 0 Å². The first-order chi connectivity index (χ1) is 13.4. The van der Waals surface area contributed by atoms with E-state index < -0.39 is 9.84 Å². The van der Waals surface area contributed by atoms with Gasteiger partial charge in [0.1, 0.15) is 11.4 Å². The second-order valence-electron chi connectivity index (χ2n) is 5.95. The third kappa shape index (κ3) is 4.87. The number of para-hydroxylation sites is 1. The van der Waals surface area contributed by atoms with Crippen LogP contribution in [0.3, 0.4) is 0 Å². The average molecular weight is 418 g/mol. The van der Waals surface area contributed by atoms with Crippen LogP contribution in [0.15, 0.2) is 58.8 Å². The number of sulfone groups is 1. The second kappa shape index (κ2) is 8.41. The lowest BCUT2D eigenvalue weighted by Gasteiger charge is -2.08. The fourth-order valence-electron chi connectivity index (χ4n) is 2.46. The fourth-order valence-corrected chi connectivity index (χ4v) is 3.80. The van der Waals surface area contributed by atoms with E-state index in [1.54, 1.807) is 24.6 Å². The van der Waals surface area contributed by atoms with Gasteiger partial charge in [-0.3, -0.25) is 4.79 Å². The number of nitrogens with one attached hydrogen (secondary N) is 2. The molecule has 0 spiro atoms. The molecule has 3 rings (SSSR count). The number of anilines is 2. The van der Waals surface area contributed by atoms with Crippen LogP contribution < -0.4 is 15.4 Å². The van der Waals surface area contributed by atoms with Gasteiger partial charge in [0.15, 0.2) is 15.0 Å². The molecular weight excluding hydrogens is 398 g/mol. The Balaban J connectivity index is 1.62. The largest absolute Gasteiger partial charge is 0.496 e. The monoisotopic (exact) mass is 417 g/mol. The van der Waals surface area contributed by atoms with Gasteiger partial charge in [0.2, 0.25) is 0 Å². The highest BCUT2D eigenvalue weighted by atomic mass is 32.2. The Kier molecular flexibility index (Phi) is 5.96. The molecule has 0 aliphatic carbocycles. The number of ether oxygens (including phenoxy) is 1. The topological polar surface area (TPSA) is 97.4 Å². The number of rotatable bonds is 7. The Morgan fingerprint density at radius 2 is 1.86 bits per heavy atom. The van der Waals surface area contributed by atoms with Crippen LogP contribution in [0.1, 0.15) is 16.1 Å². The molecular formula is C19H19N3O4S2. The third-order valence-corrected chi connectivity index (χ3v) is 5.79. The molecule has 0 fully saturated rings. The zero-order valence-corrected chi connectivity index (χ0v) is 16.9. The molecule has 0 atom stereocenters. The minimum Gasteiger partial charge on any atom is -0.496 e. The van der Waals surface area contributed by atoms with Gasteiger partial charge in [0.05, 0.1) is 12.0 Å². The van der Waals surface area contributed by atoms with Crippen molar-refractivity contribution in [1.82, 2.24) is 10.3 Å². The van der Waals surface area contributed by atoms with Crippen LogP contribution in [-0.2, 0) is 16.4 Å². The third-order valence-electron chi connectivity index (χ3n) is 3.90. The molecule has 2 N–H and O–H groups in total. The van der Waals surface area contributed by atoms with Crippen molar-refractivity contribution in [3.05, 3.63) is 65.2 Å². The van der Waals surface area contributed by atoms with Crippen LogP contribution in [0, 0.1) is 0 Å². The SMILES string of the molecule is COc1ccccc1CNC(=O)c1csc(Nc2ccc(S(C)(=O)=O)cc2)n1. The van der Waals surface area contributed by atoms with Gasteiger partial charge < -0.3 is 15.4 Å². The van der Waals surface area contributed by atoms with Gasteiger partial charge in [-0.2, -0.15) is 0 Å². The second-order valence-corrected chi connectivity index (χ2v) is 8.83. The normalized spacial score (nSPS) is 11.1. The molecule has 0 saturated carbocycles. The molecule has 0 saturated heterocycles. The molecule has 1 amide bonds. The van der Waals surface area contributed by atoms with Gasteiger partial charge in [-0.15, -0.1) is 11.3 Å². The van der Waals surface area contributed by atoms with E-state index in [1.165, 1.54) is 23.5 Å². The number of benzene rings is 2. The van der Waals surface area contributed by atoms with Gasteiger partial charge in [0.25, 0.3) is 5.91 Å². The minimum absolute atomic E-state index is 0.244. The predicted molar refractivity (Wildman–Crippen MR) is 109 cm³/mol. The van der Waals surface area contributed by atoms with Crippen LogP contribution >= 0.6 is 11.3 Å². The van der Waals surface area contributed by atoms with Crippen molar-refractivity contribution in [2.45, 2.75) is 11.4 Å². The summed E-state index contributed by atoms with van der Waals surface area (Å²) in [6.07, 6.45) is 1.16. The molecule has 1 aromatic heterocycles. The quantitative estimate of drug-likeness (QED) is 0.613. The van der Waals surface area contributed by atoms with E-state index in [-0.39, 0.29) is 10.8 Å². The van der Waals surface area contributed by atoms with Gasteiger partial charge in [-0.05, 0) is 30.3 Å². The Morgan fingerprint density at radius 1 is 1.14 bits per heavy atom. The summed E-state index contributed by atoms with van der Waals surface area (Å²) < 4.78 is 28.3. The van der Waals surface area contributed by atoms with Gasteiger partial charge in [-0.1, -0.05) is 18.2 Å². The van der Waals surface area contributed by atoms with Crippen LogP contribution in [-0.4, -0.2) is 32.7 Å². The standard InChI is InChI=1S/C19H19N3O4S2/c1-26-17-6-4-3-5-13(17)11-20-18(23)16-12-27-19(22-16)21-14-7-9-15(10-8-14)28(2,24)25/h3-10,12H,11H2,1-2H3,(H,20,23)(H,21,22). The van der Waals surface area contributed by atoms with Crippen LogP contribution in [0.5, 0.6) is 5.75 Å². The molecule has 28 heavy (non-hydrogen) atoms. The summed E-state index contributed by atoms with van der Waals surface area (Å²) in [6.45, 7) is 0.329. The molecule has 9 heteroatoms. The first kappa shape index (κ1) is 19.8. The predicted octanol–water partition coefficient (Wildman–Crippen LogP) is 3.23. The Labute approximate surface area is 167 Å². The first-order valence-corrected chi connectivity index (χ1v) is 11.1. The van der Waals surface area contributed by atoms with Crippen molar-refractivity contribution in [2.75, 3.05) is 18.7 Å². The summed E-state index contributed by atoms with van der Waals surface area (Å²) in [7, 11) is -1.65. The van der Waals surface area contributed by atoms with Crippen LogP contribution in [0.4, 0.5) is 10.8 Å². The summed E-state index contributed by atoms with van der Waals surface area (Å²) in [4.78, 5) is 16.9. The maximum absolute atomic E-state index is 12.3. The smallest absolute Gasteiger partial charge is 0.271 e. The molecule has 7 nitrogen and oxygen atoms in total. The van der Waals surface area contributed by atoms with E-state index in [0.29, 0.717) is 28.8 Å². The number of carbonyl (C=O) groups excluding carboxylic acids is 1. The number of carbonyl (C=O) groups is 1. The van der Waals surface area contributed by atoms with E-state index in [4.69, 9.17) is 4.74 Å². The van der Waals surface area contributed by atoms with Crippen molar-refractivity contribution in [2.24, 2.45) is 0 Å². The highest BCUT2D eigenvalue weighted by Gasteiger charge is 2.12. The first-order valence-electron chi connectivity index (χ1n) is 8.29. The van der Waals surface area contributed by atoms with Crippen molar-refractivity contribution < 1.29 is 17.9 Å². The lowest BCUT2D eigenvalue weighted by atomic mass is 10.2. The fraction of sp³-hybridized carbons (Fsp3) is 0.158. The molecule has 0 bridgehead atoms. The number of nitrogens with zero attached hydrogens (tertiary/aromatic N) is 1. The minimum atomic E-state index is -3.24. The summed E-state index contributed by atoms with van der Waals surface area (Å²) in [5.74, 6) is 0.420. The molecule has 3 aromatic rings. The van der Waals surface area contributed by atoms with Gasteiger partial charge >= 0.3 is 0 Å². The van der Waals surface area contributed by atoms with E-state index in [0.717, 1.165) is 11.8 Å². The highest BCUT2D eigenvalue weighted by molar-refractivity contribution is 7.90. The lowest BCUT2D eigenvalue weighted by Crippen LogP contribution is -2.23. The number of thiazole rings is 1. The summed E-state index contributed by atoms with van der Waals surface area (Å²) in [6, 6.07) is 13.8. The molecule has 0 unspecified atom stereocenters. The van der Waals surface area contributed by atoms with Gasteiger partial charge in [0, 0.05) is 29.4 Å². The Morgan fingerprint density at radius 3 is 2.54 bits per heavy atom. The van der Waals surface area contributed by atoms with Gasteiger partial charge in [-0.25, -0.2) is 13.4 Å². The molecule has 2 aromatic carbocycles. The summed E-state index contributed by atoms with van der Waals surface area (Å²) in [5.41, 5.74) is 1.86. The van der Waals surface area contributed by atoms with Crippen molar-refractivity contribution in [3.8, 4) is 5.75 Å². The number of aromatic nitrogens is 1. The maximum Gasteiger partial charge on any atom is 0.271 e. The molecule has 0 radical (unpaired) electrons. The number of amides is 1. The van der Waals surface area contributed by atoms with E-state index >= 15 is 0 Å². The molecule has 0 aliphatic heterocycles. The number of hydrogen-bond donors (Lipinski definition) is 2. The highest BCUT2D eigenvalue weighted by Crippen LogP contribution is 2.22. The van der Waals surface area contributed by atoms with Crippen molar-refractivity contribution >= 4 is 37.9 Å². The molecule has 0 aliphatic rings. The van der Waals surface area contributed by atoms with Crippen molar-refractivity contribution in [1.29, 1.82) is 0 Å². The van der Waals surface area contributed by atoms with Crippen LogP contribution in [0.25, 0.3) is 0 Å². The lowest BCUT2D eigenvalue weighted by molar-refractivity contribution is 0.0946. The van der Waals surface area contributed by atoms with Crippen LogP contribution in [0.2, 0.25) is 0 Å². The summed E-state index contributed by atoms with van der Waals surface area (Å²) in [5, 5.41) is 8.08. The van der Waals surface area contributed by atoms with E-state index in [1.807, 2.05) is 24.3 Å². The zero-order valence-electron chi connectivity index (χ0n) is 15.3. The van der Waals surface area contributed by atoms with E-state index in [2.05, 4.69) is 15.6 Å². The van der Waals surface area contributed by atoms with E-state index in [9.17, 15) is 13.2 Å².